The van der Waals surface area contributed by atoms with E-state index in [4.69, 9.17) is 5.73 Å². The zero-order valence-electron chi connectivity index (χ0n) is 8.87. The molecule has 0 saturated heterocycles. The van der Waals surface area contributed by atoms with Gasteiger partial charge in [-0.1, -0.05) is 0 Å². The van der Waals surface area contributed by atoms with E-state index in [9.17, 15) is 0 Å². The first-order valence-electron chi connectivity index (χ1n) is 5.73. The molecular weight excluding hydrogens is 186 g/mol. The number of rotatable bonds is 4. The predicted octanol–water partition coefficient (Wildman–Crippen LogP) is 2.27. The first-order chi connectivity index (χ1) is 7.28. The zero-order valence-corrected chi connectivity index (χ0v) is 8.87. The maximum atomic E-state index is 5.68. The molecule has 3 nitrogen and oxygen atoms in total. The lowest BCUT2D eigenvalue weighted by Gasteiger charge is -2.15. The number of hydrogen-bond acceptors (Lipinski definition) is 3. The van der Waals surface area contributed by atoms with E-state index in [0.717, 1.165) is 23.8 Å². The van der Waals surface area contributed by atoms with Crippen molar-refractivity contribution in [2.75, 3.05) is 17.6 Å². The van der Waals surface area contributed by atoms with E-state index >= 15 is 0 Å². The fraction of sp³-hybridized carbons (Fsp3) is 0.583. The fourth-order valence-electron chi connectivity index (χ4n) is 2.42. The molecule has 1 aromatic rings. The highest BCUT2D eigenvalue weighted by Crippen LogP contribution is 2.61. The van der Waals surface area contributed by atoms with Crippen molar-refractivity contribution in [3.63, 3.8) is 0 Å². The summed E-state index contributed by atoms with van der Waals surface area (Å²) in [7, 11) is 0. The highest BCUT2D eigenvalue weighted by atomic mass is 14.9. The SMILES string of the molecule is Nc1cncc(NCC2(C3CC3)CC2)c1. The number of pyridine rings is 1. The minimum atomic E-state index is 0.630. The molecule has 0 spiro atoms. The van der Waals surface area contributed by atoms with Crippen LogP contribution in [0.5, 0.6) is 0 Å². The van der Waals surface area contributed by atoms with E-state index < -0.39 is 0 Å². The van der Waals surface area contributed by atoms with Crippen LogP contribution < -0.4 is 11.1 Å². The van der Waals surface area contributed by atoms with Gasteiger partial charge in [0.05, 0.1) is 17.6 Å². The zero-order chi connectivity index (χ0) is 10.3. The number of nitrogens with one attached hydrogen (secondary N) is 1. The Kier molecular flexibility index (Phi) is 1.87. The van der Waals surface area contributed by atoms with Gasteiger partial charge in [0, 0.05) is 12.7 Å². The molecule has 2 aliphatic carbocycles. The van der Waals surface area contributed by atoms with E-state index in [1.807, 2.05) is 12.3 Å². The summed E-state index contributed by atoms with van der Waals surface area (Å²) in [6, 6.07) is 1.95. The molecule has 80 valence electrons. The van der Waals surface area contributed by atoms with Gasteiger partial charge < -0.3 is 11.1 Å². The van der Waals surface area contributed by atoms with Crippen molar-refractivity contribution in [3.05, 3.63) is 18.5 Å². The predicted molar refractivity (Wildman–Crippen MR) is 61.5 cm³/mol. The van der Waals surface area contributed by atoms with Crippen LogP contribution in [0, 0.1) is 11.3 Å². The molecule has 1 heterocycles. The Hall–Kier alpha value is -1.25. The Labute approximate surface area is 90.1 Å². The summed E-state index contributed by atoms with van der Waals surface area (Å²) >= 11 is 0. The second-order valence-corrected chi connectivity index (χ2v) is 5.00. The fourth-order valence-corrected chi connectivity index (χ4v) is 2.42. The van der Waals surface area contributed by atoms with E-state index in [2.05, 4.69) is 10.3 Å². The third-order valence-electron chi connectivity index (χ3n) is 3.74. The monoisotopic (exact) mass is 203 g/mol. The molecule has 2 saturated carbocycles. The van der Waals surface area contributed by atoms with Crippen LogP contribution in [-0.2, 0) is 0 Å². The minimum Gasteiger partial charge on any atom is -0.397 e. The van der Waals surface area contributed by atoms with Gasteiger partial charge in [-0.3, -0.25) is 4.98 Å². The second kappa shape index (κ2) is 3.12. The summed E-state index contributed by atoms with van der Waals surface area (Å²) < 4.78 is 0. The van der Waals surface area contributed by atoms with Gasteiger partial charge in [-0.05, 0) is 43.1 Å². The Morgan fingerprint density at radius 3 is 2.80 bits per heavy atom. The summed E-state index contributed by atoms with van der Waals surface area (Å²) in [6.45, 7) is 1.10. The van der Waals surface area contributed by atoms with Crippen molar-refractivity contribution >= 4 is 11.4 Å². The molecule has 0 aliphatic heterocycles. The van der Waals surface area contributed by atoms with Gasteiger partial charge in [0.25, 0.3) is 0 Å². The molecule has 3 heteroatoms. The minimum absolute atomic E-state index is 0.630. The molecule has 0 aromatic carbocycles. The number of nitrogens with zero attached hydrogens (tertiary/aromatic N) is 1. The van der Waals surface area contributed by atoms with E-state index in [1.54, 1.807) is 6.20 Å². The molecular formula is C12H17N3. The Morgan fingerprint density at radius 2 is 2.20 bits per heavy atom. The smallest absolute Gasteiger partial charge is 0.0547 e. The number of nitrogens with two attached hydrogens (primary N) is 1. The third kappa shape index (κ3) is 1.78. The lowest BCUT2D eigenvalue weighted by atomic mass is 10.0. The molecule has 15 heavy (non-hydrogen) atoms. The van der Waals surface area contributed by atoms with Crippen LogP contribution in [0.15, 0.2) is 18.5 Å². The molecule has 2 aliphatic rings. The van der Waals surface area contributed by atoms with Crippen molar-refractivity contribution in [2.45, 2.75) is 25.7 Å². The summed E-state index contributed by atoms with van der Waals surface area (Å²) in [5.41, 5.74) is 8.10. The molecule has 2 fully saturated rings. The maximum absolute atomic E-state index is 5.68. The van der Waals surface area contributed by atoms with Gasteiger partial charge >= 0.3 is 0 Å². The van der Waals surface area contributed by atoms with Crippen LogP contribution in [0.3, 0.4) is 0 Å². The van der Waals surface area contributed by atoms with Crippen molar-refractivity contribution in [2.24, 2.45) is 11.3 Å². The molecule has 1 aromatic heterocycles. The highest BCUT2D eigenvalue weighted by Gasteiger charge is 2.53. The first kappa shape index (κ1) is 9.01. The van der Waals surface area contributed by atoms with Crippen LogP contribution in [0.2, 0.25) is 0 Å². The average molecular weight is 203 g/mol. The molecule has 0 atom stereocenters. The Balaban J connectivity index is 1.61. The van der Waals surface area contributed by atoms with Gasteiger partial charge in [-0.15, -0.1) is 0 Å². The second-order valence-electron chi connectivity index (χ2n) is 5.00. The van der Waals surface area contributed by atoms with Crippen LogP contribution in [0.4, 0.5) is 11.4 Å². The van der Waals surface area contributed by atoms with E-state index in [1.165, 1.54) is 25.7 Å². The van der Waals surface area contributed by atoms with Gasteiger partial charge in [0.15, 0.2) is 0 Å². The lowest BCUT2D eigenvalue weighted by molar-refractivity contribution is 0.467. The Bertz CT molecular complexity index is 367. The van der Waals surface area contributed by atoms with Gasteiger partial charge in [-0.2, -0.15) is 0 Å². The van der Waals surface area contributed by atoms with Crippen LogP contribution >= 0.6 is 0 Å². The standard InChI is InChI=1S/C12H17N3/c13-10-5-11(7-14-6-10)15-8-12(3-4-12)9-1-2-9/h5-7,9,15H,1-4,8,13H2. The average Bonchev–Trinajstić information content (AvgIpc) is 3.08. The number of nitrogen functional groups attached to an aromatic ring is 1. The molecule has 0 amide bonds. The highest BCUT2D eigenvalue weighted by molar-refractivity contribution is 5.51. The quantitative estimate of drug-likeness (QED) is 0.789. The molecule has 0 radical (unpaired) electrons. The molecule has 0 bridgehead atoms. The first-order valence-corrected chi connectivity index (χ1v) is 5.73. The van der Waals surface area contributed by atoms with Crippen LogP contribution in [0.1, 0.15) is 25.7 Å². The molecule has 0 unspecified atom stereocenters. The third-order valence-corrected chi connectivity index (χ3v) is 3.74. The van der Waals surface area contributed by atoms with Crippen molar-refractivity contribution in [3.8, 4) is 0 Å². The van der Waals surface area contributed by atoms with Crippen molar-refractivity contribution < 1.29 is 0 Å². The summed E-state index contributed by atoms with van der Waals surface area (Å²) in [5.74, 6) is 0.999. The topological polar surface area (TPSA) is 50.9 Å². The normalized spacial score (nSPS) is 22.4. The van der Waals surface area contributed by atoms with Gasteiger partial charge in [0.1, 0.15) is 0 Å². The van der Waals surface area contributed by atoms with Crippen LogP contribution in [-0.4, -0.2) is 11.5 Å². The van der Waals surface area contributed by atoms with Gasteiger partial charge in [0.2, 0.25) is 0 Å². The summed E-state index contributed by atoms with van der Waals surface area (Å²) in [4.78, 5) is 4.08. The van der Waals surface area contributed by atoms with E-state index in [-0.39, 0.29) is 0 Å². The summed E-state index contributed by atoms with van der Waals surface area (Å²) in [5, 5.41) is 3.47. The maximum Gasteiger partial charge on any atom is 0.0547 e. The van der Waals surface area contributed by atoms with Crippen LogP contribution in [0.25, 0.3) is 0 Å². The lowest BCUT2D eigenvalue weighted by Crippen LogP contribution is -2.17. The van der Waals surface area contributed by atoms with E-state index in [0.29, 0.717) is 5.41 Å². The Morgan fingerprint density at radius 1 is 1.40 bits per heavy atom. The summed E-state index contributed by atoms with van der Waals surface area (Å²) in [6.07, 6.45) is 9.22. The molecule has 3 N–H and O–H groups in total. The number of hydrogen-bond donors (Lipinski definition) is 2. The van der Waals surface area contributed by atoms with Crippen molar-refractivity contribution in [1.29, 1.82) is 0 Å². The number of aromatic nitrogens is 1. The molecule has 3 rings (SSSR count). The van der Waals surface area contributed by atoms with Crippen molar-refractivity contribution in [1.82, 2.24) is 4.98 Å². The number of anilines is 2. The largest absolute Gasteiger partial charge is 0.397 e. The van der Waals surface area contributed by atoms with Gasteiger partial charge in [-0.25, -0.2) is 0 Å².